The molecule has 1 saturated heterocycles. The molecule has 0 radical (unpaired) electrons. The Morgan fingerprint density at radius 3 is 2.26 bits per heavy atom. The first-order valence-electron chi connectivity index (χ1n) is 16.1. The second-order valence-electron chi connectivity index (χ2n) is 12.9. The smallest absolute Gasteiger partial charge is 0.268 e. The highest BCUT2D eigenvalue weighted by molar-refractivity contribution is 6.04. The summed E-state index contributed by atoms with van der Waals surface area (Å²) in [6.07, 6.45) is 0.949. The quantitative estimate of drug-likeness (QED) is 0.304. The van der Waals surface area contributed by atoms with Gasteiger partial charge in [-0.3, -0.25) is 19.3 Å². The van der Waals surface area contributed by atoms with E-state index in [0.29, 0.717) is 48.8 Å². The molecule has 3 aromatic carbocycles. The summed E-state index contributed by atoms with van der Waals surface area (Å²) in [6, 6.07) is 25.2. The van der Waals surface area contributed by atoms with E-state index in [1.807, 2.05) is 72.8 Å². The van der Waals surface area contributed by atoms with E-state index in [0.717, 1.165) is 42.9 Å². The van der Waals surface area contributed by atoms with Gasteiger partial charge in [0.25, 0.3) is 17.7 Å². The third-order valence-corrected chi connectivity index (χ3v) is 9.69. The van der Waals surface area contributed by atoms with Crippen molar-refractivity contribution in [1.29, 1.82) is 0 Å². The summed E-state index contributed by atoms with van der Waals surface area (Å²) in [5, 5.41) is 6.06. The van der Waals surface area contributed by atoms with Crippen molar-refractivity contribution in [1.82, 2.24) is 19.7 Å². The molecule has 7 rings (SSSR count). The maximum absolute atomic E-state index is 13.4. The summed E-state index contributed by atoms with van der Waals surface area (Å²) in [4.78, 5) is 44.8. The van der Waals surface area contributed by atoms with Crippen molar-refractivity contribution in [2.45, 2.75) is 31.6 Å². The van der Waals surface area contributed by atoms with Crippen LogP contribution in [-0.2, 0) is 36.3 Å². The van der Waals surface area contributed by atoms with E-state index >= 15 is 0 Å². The number of nitrogens with one attached hydrogen (secondary N) is 2. The molecule has 0 atom stereocenters. The monoisotopic (exact) mass is 632 g/mol. The van der Waals surface area contributed by atoms with Crippen LogP contribution in [0.15, 0.2) is 78.9 Å². The second-order valence-corrected chi connectivity index (χ2v) is 12.9. The second kappa shape index (κ2) is 12.4. The number of benzene rings is 3. The maximum Gasteiger partial charge on any atom is 0.268 e. The number of likely N-dealkylation sites (N-methyl/N-ethyl adjacent to an activating group) is 1. The zero-order chi connectivity index (χ0) is 32.7. The first-order chi connectivity index (χ1) is 22.7. The van der Waals surface area contributed by atoms with Gasteiger partial charge in [0, 0.05) is 82.1 Å². The number of hydrogen-bond acceptors (Lipinski definition) is 6. The van der Waals surface area contributed by atoms with Crippen LogP contribution in [0.5, 0.6) is 0 Å². The van der Waals surface area contributed by atoms with Crippen molar-refractivity contribution in [2.75, 3.05) is 57.7 Å². The molecule has 3 aliphatic rings. The van der Waals surface area contributed by atoms with Gasteiger partial charge in [0.15, 0.2) is 0 Å². The lowest BCUT2D eigenvalue weighted by molar-refractivity contribution is -0.162. The molecule has 3 amide bonds. The Balaban J connectivity index is 0.966. The van der Waals surface area contributed by atoms with Crippen molar-refractivity contribution in [3.05, 3.63) is 118 Å². The summed E-state index contributed by atoms with van der Waals surface area (Å²) in [7, 11) is 5.57. The first-order valence-corrected chi connectivity index (χ1v) is 16.1. The topological polar surface area (TPSA) is 99.2 Å². The van der Waals surface area contributed by atoms with Gasteiger partial charge in [-0.2, -0.15) is 0 Å². The average molecular weight is 633 g/mol. The van der Waals surface area contributed by atoms with E-state index in [-0.39, 0.29) is 23.3 Å². The zero-order valence-corrected chi connectivity index (χ0v) is 27.1. The van der Waals surface area contributed by atoms with E-state index < -0.39 is 0 Å². The fraction of sp³-hybridized carbons (Fsp3) is 0.324. The standard InChI is InChI=1S/C37H40N6O4/c1-40(2)36(46)27-8-4-26(5-9-27)22-42-18-19-43-32(14-15-33(43)37(42)23-47-24-37)35(45)38-21-25-6-11-30(12-7-25)39-34(44)29-10-13-31-28(20-29)16-17-41(31)3/h4-15,20H,16-19,21-24H2,1-3H3,(H,38,45)(H,39,44). The van der Waals surface area contributed by atoms with E-state index in [9.17, 15) is 14.4 Å². The molecule has 10 heteroatoms. The summed E-state index contributed by atoms with van der Waals surface area (Å²) >= 11 is 0. The predicted molar refractivity (Wildman–Crippen MR) is 181 cm³/mol. The predicted octanol–water partition coefficient (Wildman–Crippen LogP) is 4.11. The molecule has 4 aromatic rings. The van der Waals surface area contributed by atoms with Gasteiger partial charge >= 0.3 is 0 Å². The molecule has 0 unspecified atom stereocenters. The lowest BCUT2D eigenvalue weighted by Crippen LogP contribution is -2.63. The molecule has 0 saturated carbocycles. The van der Waals surface area contributed by atoms with Crippen molar-refractivity contribution < 1.29 is 19.1 Å². The number of rotatable bonds is 8. The van der Waals surface area contributed by atoms with E-state index in [1.165, 1.54) is 11.3 Å². The highest BCUT2D eigenvalue weighted by atomic mass is 16.5. The Morgan fingerprint density at radius 1 is 0.830 bits per heavy atom. The minimum atomic E-state index is -0.286. The number of ether oxygens (including phenoxy) is 1. The highest BCUT2D eigenvalue weighted by Crippen LogP contribution is 2.41. The normalized spacial score (nSPS) is 16.3. The fourth-order valence-electron chi connectivity index (χ4n) is 6.89. The lowest BCUT2D eigenvalue weighted by atomic mass is 9.88. The number of carbonyl (C=O) groups is 3. The van der Waals surface area contributed by atoms with Crippen LogP contribution < -0.4 is 15.5 Å². The van der Waals surface area contributed by atoms with Gasteiger partial charge in [-0.1, -0.05) is 24.3 Å². The summed E-state index contributed by atoms with van der Waals surface area (Å²) in [5.41, 5.74) is 7.93. The Labute approximate surface area is 274 Å². The zero-order valence-electron chi connectivity index (χ0n) is 27.1. The minimum Gasteiger partial charge on any atom is -0.377 e. The molecule has 1 spiro atoms. The van der Waals surface area contributed by atoms with Crippen LogP contribution in [-0.4, -0.2) is 79.5 Å². The van der Waals surface area contributed by atoms with Crippen LogP contribution in [0.1, 0.15) is 53.6 Å². The molecule has 0 bridgehead atoms. The summed E-state index contributed by atoms with van der Waals surface area (Å²) in [6.45, 7) is 4.69. The molecule has 2 N–H and O–H groups in total. The van der Waals surface area contributed by atoms with Crippen LogP contribution >= 0.6 is 0 Å². The Morgan fingerprint density at radius 2 is 1.55 bits per heavy atom. The van der Waals surface area contributed by atoms with Crippen molar-refractivity contribution >= 4 is 29.1 Å². The minimum absolute atomic E-state index is 0.0119. The Hall–Kier alpha value is -4.93. The van der Waals surface area contributed by atoms with Crippen LogP contribution in [0.25, 0.3) is 0 Å². The van der Waals surface area contributed by atoms with Crippen molar-refractivity contribution in [3.8, 4) is 0 Å². The number of amides is 3. The maximum atomic E-state index is 13.4. The van der Waals surface area contributed by atoms with Gasteiger partial charge in [-0.15, -0.1) is 0 Å². The number of nitrogens with zero attached hydrogens (tertiary/aromatic N) is 4. The molecular formula is C37H40N6O4. The van der Waals surface area contributed by atoms with Gasteiger partial charge < -0.3 is 29.7 Å². The molecule has 1 fully saturated rings. The number of carbonyl (C=O) groups excluding carboxylic acids is 3. The van der Waals surface area contributed by atoms with Crippen molar-refractivity contribution in [3.63, 3.8) is 0 Å². The summed E-state index contributed by atoms with van der Waals surface area (Å²) < 4.78 is 7.87. The molecule has 242 valence electrons. The molecule has 47 heavy (non-hydrogen) atoms. The molecule has 10 nitrogen and oxygen atoms in total. The molecule has 1 aromatic heterocycles. The van der Waals surface area contributed by atoms with Gasteiger partial charge in [0.05, 0.1) is 13.2 Å². The molecule has 4 heterocycles. The van der Waals surface area contributed by atoms with Gasteiger partial charge in [0.1, 0.15) is 11.2 Å². The molecule has 3 aliphatic heterocycles. The highest BCUT2D eigenvalue weighted by Gasteiger charge is 2.50. The molecular weight excluding hydrogens is 592 g/mol. The lowest BCUT2D eigenvalue weighted by Gasteiger charge is -2.53. The van der Waals surface area contributed by atoms with E-state index in [1.54, 1.807) is 19.0 Å². The van der Waals surface area contributed by atoms with Crippen LogP contribution in [0, 0.1) is 0 Å². The van der Waals surface area contributed by atoms with Crippen LogP contribution in [0.2, 0.25) is 0 Å². The number of aromatic nitrogens is 1. The number of anilines is 2. The fourth-order valence-corrected chi connectivity index (χ4v) is 6.89. The van der Waals surface area contributed by atoms with Gasteiger partial charge in [-0.25, -0.2) is 0 Å². The third kappa shape index (κ3) is 5.79. The van der Waals surface area contributed by atoms with Gasteiger partial charge in [0.2, 0.25) is 0 Å². The number of hydrogen-bond donors (Lipinski definition) is 2. The first kappa shape index (κ1) is 30.7. The third-order valence-electron chi connectivity index (χ3n) is 9.69. The van der Waals surface area contributed by atoms with E-state index in [2.05, 4.69) is 38.1 Å². The average Bonchev–Trinajstić information content (AvgIpc) is 3.66. The Bertz CT molecular complexity index is 1820. The molecule has 0 aliphatic carbocycles. The summed E-state index contributed by atoms with van der Waals surface area (Å²) in [5.74, 6) is -0.271. The largest absolute Gasteiger partial charge is 0.377 e. The SMILES string of the molecule is CN(C)C(=O)c1ccc(CN2CCn3c(C(=O)NCc4ccc(NC(=O)c5ccc6c(c5)CCN6C)cc4)ccc3C23COC3)cc1. The Kier molecular flexibility index (Phi) is 8.07. The van der Waals surface area contributed by atoms with Crippen LogP contribution in [0.3, 0.4) is 0 Å². The van der Waals surface area contributed by atoms with Gasteiger partial charge in [-0.05, 0) is 77.7 Å². The van der Waals surface area contributed by atoms with Crippen molar-refractivity contribution in [2.24, 2.45) is 0 Å². The number of fused-ring (bicyclic) bond motifs is 3. The van der Waals surface area contributed by atoms with Crippen LogP contribution in [0.4, 0.5) is 11.4 Å². The van der Waals surface area contributed by atoms with E-state index in [4.69, 9.17) is 4.74 Å².